The monoisotopic (exact) mass is 222 g/mol. The molecule has 1 aromatic heterocycles. The average Bonchev–Trinajstić information content (AvgIpc) is 2.55. The molecule has 0 aromatic carbocycles. The van der Waals surface area contributed by atoms with Gasteiger partial charge in [-0.05, 0) is 20.3 Å². The molecule has 1 N–H and O–H groups in total. The summed E-state index contributed by atoms with van der Waals surface area (Å²) in [5.74, 6) is 0.843. The van der Waals surface area contributed by atoms with Gasteiger partial charge in [0.25, 0.3) is 0 Å². The van der Waals surface area contributed by atoms with Gasteiger partial charge in [0.1, 0.15) is 17.5 Å². The summed E-state index contributed by atoms with van der Waals surface area (Å²) in [5.41, 5.74) is 1.38. The summed E-state index contributed by atoms with van der Waals surface area (Å²) in [7, 11) is 1.84. The summed E-state index contributed by atoms with van der Waals surface area (Å²) in [6.45, 7) is 5.56. The third kappa shape index (κ3) is 2.34. The van der Waals surface area contributed by atoms with Crippen molar-refractivity contribution in [3.63, 3.8) is 0 Å². The maximum atomic E-state index is 9.10. The number of nitrogens with zero attached hydrogens (tertiary/aromatic N) is 4. The fraction of sp³-hybridized carbons (Fsp3) is 0.636. The molecule has 1 aromatic rings. The van der Waals surface area contributed by atoms with Crippen molar-refractivity contribution in [3.05, 3.63) is 11.3 Å². The number of aliphatic hydroxyl groups excluding tert-OH is 1. The first-order valence-corrected chi connectivity index (χ1v) is 5.45. The Morgan fingerprint density at radius 2 is 2.25 bits per heavy atom. The molecule has 1 rings (SSSR count). The third-order valence-corrected chi connectivity index (χ3v) is 2.57. The lowest BCUT2D eigenvalue weighted by Crippen LogP contribution is -2.27. The topological polar surface area (TPSA) is 65.1 Å². The molecule has 88 valence electrons. The lowest BCUT2D eigenvalue weighted by atomic mass is 10.2. The Morgan fingerprint density at radius 3 is 2.75 bits per heavy atom. The molecular formula is C11H18N4O. The van der Waals surface area contributed by atoms with Crippen LogP contribution in [0.25, 0.3) is 0 Å². The maximum absolute atomic E-state index is 9.10. The van der Waals surface area contributed by atoms with E-state index >= 15 is 0 Å². The van der Waals surface area contributed by atoms with Crippen molar-refractivity contribution in [3.8, 4) is 6.07 Å². The molecule has 0 spiro atoms. The number of nitriles is 1. The van der Waals surface area contributed by atoms with E-state index in [1.54, 1.807) is 4.68 Å². The van der Waals surface area contributed by atoms with Crippen molar-refractivity contribution >= 4 is 5.82 Å². The van der Waals surface area contributed by atoms with Crippen molar-refractivity contribution in [2.75, 3.05) is 24.6 Å². The van der Waals surface area contributed by atoms with E-state index in [4.69, 9.17) is 10.4 Å². The van der Waals surface area contributed by atoms with Crippen LogP contribution in [0.15, 0.2) is 0 Å². The number of hydrogen-bond acceptors (Lipinski definition) is 4. The Kier molecular flexibility index (Phi) is 4.32. The number of aryl methyl sites for hydroxylation is 2. The molecule has 0 unspecified atom stereocenters. The molecular weight excluding hydrogens is 204 g/mol. The zero-order valence-corrected chi connectivity index (χ0v) is 10.1. The third-order valence-electron chi connectivity index (χ3n) is 2.57. The van der Waals surface area contributed by atoms with Gasteiger partial charge in [0.15, 0.2) is 0 Å². The van der Waals surface area contributed by atoms with E-state index in [0.717, 1.165) is 24.6 Å². The normalized spacial score (nSPS) is 10.2. The molecule has 0 saturated heterocycles. The van der Waals surface area contributed by atoms with Gasteiger partial charge < -0.3 is 10.0 Å². The van der Waals surface area contributed by atoms with Crippen LogP contribution in [0.5, 0.6) is 0 Å². The Balaban J connectivity index is 3.04. The fourth-order valence-electron chi connectivity index (χ4n) is 1.82. The van der Waals surface area contributed by atoms with E-state index in [0.29, 0.717) is 12.0 Å². The van der Waals surface area contributed by atoms with E-state index in [9.17, 15) is 0 Å². The van der Waals surface area contributed by atoms with Crippen molar-refractivity contribution in [1.82, 2.24) is 9.78 Å². The zero-order chi connectivity index (χ0) is 12.1. The Labute approximate surface area is 95.9 Å². The van der Waals surface area contributed by atoms with Crippen molar-refractivity contribution in [2.45, 2.75) is 20.3 Å². The molecule has 0 saturated carbocycles. The summed E-state index contributed by atoms with van der Waals surface area (Å²) in [6.07, 6.45) is 0.697. The van der Waals surface area contributed by atoms with Crippen LogP contribution in [0.3, 0.4) is 0 Å². The number of rotatable bonds is 5. The first kappa shape index (κ1) is 12.5. The molecule has 0 aliphatic carbocycles. The van der Waals surface area contributed by atoms with Crippen LogP contribution in [0.4, 0.5) is 5.82 Å². The fourth-order valence-corrected chi connectivity index (χ4v) is 1.82. The molecule has 0 fully saturated rings. The molecule has 5 nitrogen and oxygen atoms in total. The van der Waals surface area contributed by atoms with Gasteiger partial charge in [0, 0.05) is 26.7 Å². The lowest BCUT2D eigenvalue weighted by molar-refractivity contribution is 0.289. The minimum Gasteiger partial charge on any atom is -0.396 e. The first-order chi connectivity index (χ1) is 7.65. The maximum Gasteiger partial charge on any atom is 0.144 e. The summed E-state index contributed by atoms with van der Waals surface area (Å²) in [5, 5.41) is 22.2. The van der Waals surface area contributed by atoms with E-state index in [2.05, 4.69) is 16.1 Å². The van der Waals surface area contributed by atoms with Gasteiger partial charge in [-0.1, -0.05) is 0 Å². The molecule has 0 aliphatic heterocycles. The van der Waals surface area contributed by atoms with Gasteiger partial charge in [-0.25, -0.2) is 0 Å². The predicted octanol–water partition coefficient (Wildman–Crippen LogP) is 0.809. The molecule has 0 amide bonds. The smallest absolute Gasteiger partial charge is 0.144 e. The minimum atomic E-state index is 0.162. The van der Waals surface area contributed by atoms with E-state index < -0.39 is 0 Å². The quantitative estimate of drug-likeness (QED) is 0.800. The Morgan fingerprint density at radius 1 is 1.56 bits per heavy atom. The highest BCUT2D eigenvalue weighted by molar-refractivity contribution is 5.56. The standard InChI is InChI=1S/C11H18N4O/c1-4-15(6-5-7-16)11-10(8-12)9(2)13-14(11)3/h16H,4-7H2,1-3H3. The van der Waals surface area contributed by atoms with Crippen molar-refractivity contribution in [1.29, 1.82) is 5.26 Å². The Hall–Kier alpha value is -1.54. The van der Waals surface area contributed by atoms with Gasteiger partial charge in [0.2, 0.25) is 0 Å². The molecule has 5 heteroatoms. The van der Waals surface area contributed by atoms with E-state index in [-0.39, 0.29) is 6.61 Å². The first-order valence-electron chi connectivity index (χ1n) is 5.45. The average molecular weight is 222 g/mol. The van der Waals surface area contributed by atoms with Crippen LogP contribution >= 0.6 is 0 Å². The number of aromatic nitrogens is 2. The van der Waals surface area contributed by atoms with Crippen molar-refractivity contribution in [2.24, 2.45) is 7.05 Å². The van der Waals surface area contributed by atoms with Crippen molar-refractivity contribution < 1.29 is 5.11 Å². The number of hydrogen-bond donors (Lipinski definition) is 1. The highest BCUT2D eigenvalue weighted by Gasteiger charge is 2.17. The molecule has 1 heterocycles. The summed E-state index contributed by atoms with van der Waals surface area (Å²) < 4.78 is 1.73. The highest BCUT2D eigenvalue weighted by Crippen LogP contribution is 2.22. The van der Waals surface area contributed by atoms with Crippen LogP contribution < -0.4 is 4.90 Å². The Bertz CT molecular complexity index is 391. The summed E-state index contributed by atoms with van der Waals surface area (Å²) >= 11 is 0. The molecule has 0 bridgehead atoms. The molecule has 0 aliphatic rings. The lowest BCUT2D eigenvalue weighted by Gasteiger charge is -2.22. The number of anilines is 1. The second-order valence-electron chi connectivity index (χ2n) is 3.68. The second kappa shape index (κ2) is 5.52. The van der Waals surface area contributed by atoms with Crippen LogP contribution in [-0.2, 0) is 7.05 Å². The van der Waals surface area contributed by atoms with Crippen LogP contribution in [0, 0.1) is 18.3 Å². The second-order valence-corrected chi connectivity index (χ2v) is 3.68. The summed E-state index contributed by atoms with van der Waals surface area (Å²) in [4.78, 5) is 2.06. The van der Waals surface area contributed by atoms with Gasteiger partial charge in [-0.3, -0.25) is 4.68 Å². The van der Waals surface area contributed by atoms with Crippen LogP contribution in [0.1, 0.15) is 24.6 Å². The molecule has 0 atom stereocenters. The SMILES string of the molecule is CCN(CCCO)c1c(C#N)c(C)nn1C. The van der Waals surface area contributed by atoms with Gasteiger partial charge in [0.05, 0.1) is 5.69 Å². The van der Waals surface area contributed by atoms with E-state index in [1.807, 2.05) is 20.9 Å². The van der Waals surface area contributed by atoms with Crippen LogP contribution in [0.2, 0.25) is 0 Å². The van der Waals surface area contributed by atoms with Gasteiger partial charge >= 0.3 is 0 Å². The van der Waals surface area contributed by atoms with Gasteiger partial charge in [-0.2, -0.15) is 10.4 Å². The van der Waals surface area contributed by atoms with E-state index in [1.165, 1.54) is 0 Å². The highest BCUT2D eigenvalue weighted by atomic mass is 16.3. The van der Waals surface area contributed by atoms with Crippen LogP contribution in [-0.4, -0.2) is 34.6 Å². The summed E-state index contributed by atoms with van der Waals surface area (Å²) in [6, 6.07) is 2.19. The molecule has 0 radical (unpaired) electrons. The molecule has 16 heavy (non-hydrogen) atoms. The zero-order valence-electron chi connectivity index (χ0n) is 10.1. The number of aliphatic hydroxyl groups is 1. The largest absolute Gasteiger partial charge is 0.396 e. The minimum absolute atomic E-state index is 0.162. The van der Waals surface area contributed by atoms with Gasteiger partial charge in [-0.15, -0.1) is 0 Å². The predicted molar refractivity (Wildman–Crippen MR) is 62.2 cm³/mol.